The van der Waals surface area contributed by atoms with E-state index in [-0.39, 0.29) is 0 Å². The zero-order valence-electron chi connectivity index (χ0n) is 14.6. The number of nitrogens with zero attached hydrogens (tertiary/aromatic N) is 2. The van der Waals surface area contributed by atoms with Gasteiger partial charge in [-0.25, -0.2) is 10.2 Å². The van der Waals surface area contributed by atoms with E-state index in [4.69, 9.17) is 27.7 Å². The van der Waals surface area contributed by atoms with Crippen LogP contribution in [0.25, 0.3) is 11.3 Å². The maximum Gasteiger partial charge on any atom is 0.339 e. The van der Waals surface area contributed by atoms with E-state index in [1.807, 2.05) is 6.21 Å². The van der Waals surface area contributed by atoms with Crippen LogP contribution in [0, 0.1) is 24.7 Å². The zero-order chi connectivity index (χ0) is 19.0. The largest absolute Gasteiger partial charge is 0.359 e. The Kier molecular flexibility index (Phi) is 4.93. The van der Waals surface area contributed by atoms with Crippen molar-refractivity contribution in [2.24, 2.45) is 22.9 Å². The molecule has 2 bridgehead atoms. The molecule has 4 rings (SSSR count). The van der Waals surface area contributed by atoms with Crippen LogP contribution in [-0.4, -0.2) is 17.4 Å². The molecular weight excluding hydrogens is 387 g/mol. The first-order chi connectivity index (χ1) is 13.0. The van der Waals surface area contributed by atoms with Gasteiger partial charge in [-0.15, -0.1) is 0 Å². The second-order valence-electron chi connectivity index (χ2n) is 6.85. The number of aromatic nitrogens is 1. The number of benzene rings is 1. The number of anilines is 1. The number of urea groups is 1. The molecule has 2 N–H and O–H groups in total. The summed E-state index contributed by atoms with van der Waals surface area (Å²) in [4.78, 5) is 12.3. The smallest absolute Gasteiger partial charge is 0.339 e. The standard InChI is InChI=1S/C19H18Cl2N4O2/c1-10-17(18(25-27-10)16-14(20)3-2-4-15(16)21)23-19(26)24-22-9-13-8-11-5-6-12(13)7-11/h2-6,9,11-13H,7-8H2,1H3,(H2,23,24,26). The van der Waals surface area contributed by atoms with Crippen molar-refractivity contribution >= 4 is 41.1 Å². The van der Waals surface area contributed by atoms with Gasteiger partial charge in [0.2, 0.25) is 0 Å². The van der Waals surface area contributed by atoms with Gasteiger partial charge in [-0.05, 0) is 43.7 Å². The number of hydrazone groups is 1. The lowest BCUT2D eigenvalue weighted by molar-refractivity contribution is 0.252. The molecule has 1 heterocycles. The second kappa shape index (κ2) is 7.37. The van der Waals surface area contributed by atoms with Crippen molar-refractivity contribution in [3.05, 3.63) is 46.2 Å². The van der Waals surface area contributed by atoms with Crippen molar-refractivity contribution in [2.45, 2.75) is 19.8 Å². The van der Waals surface area contributed by atoms with Crippen LogP contribution in [0.4, 0.5) is 10.5 Å². The van der Waals surface area contributed by atoms with E-state index in [0.29, 0.717) is 50.5 Å². The molecule has 2 aliphatic carbocycles. The molecule has 2 aliphatic rings. The first kappa shape index (κ1) is 18.1. The molecule has 0 radical (unpaired) electrons. The van der Waals surface area contributed by atoms with Crippen molar-refractivity contribution in [2.75, 3.05) is 5.32 Å². The number of allylic oxidation sites excluding steroid dienone is 2. The van der Waals surface area contributed by atoms with Gasteiger partial charge in [-0.2, -0.15) is 5.10 Å². The van der Waals surface area contributed by atoms with Crippen LogP contribution < -0.4 is 10.7 Å². The van der Waals surface area contributed by atoms with Gasteiger partial charge in [0.25, 0.3) is 0 Å². The quantitative estimate of drug-likeness (QED) is 0.413. The van der Waals surface area contributed by atoms with Gasteiger partial charge in [-0.1, -0.05) is 46.6 Å². The van der Waals surface area contributed by atoms with E-state index < -0.39 is 6.03 Å². The number of rotatable bonds is 4. The fourth-order valence-electron chi connectivity index (χ4n) is 3.74. The lowest BCUT2D eigenvalue weighted by Gasteiger charge is -2.12. The summed E-state index contributed by atoms with van der Waals surface area (Å²) < 4.78 is 5.22. The Morgan fingerprint density at radius 3 is 2.74 bits per heavy atom. The van der Waals surface area contributed by atoms with E-state index in [0.717, 1.165) is 6.42 Å². The maximum atomic E-state index is 12.3. The Morgan fingerprint density at radius 1 is 1.30 bits per heavy atom. The molecule has 3 atom stereocenters. The summed E-state index contributed by atoms with van der Waals surface area (Å²) in [5, 5.41) is 11.6. The number of amides is 2. The monoisotopic (exact) mass is 404 g/mol. The highest BCUT2D eigenvalue weighted by atomic mass is 35.5. The second-order valence-corrected chi connectivity index (χ2v) is 7.66. The molecule has 0 saturated heterocycles. The number of hydrogen-bond acceptors (Lipinski definition) is 4. The van der Waals surface area contributed by atoms with Gasteiger partial charge in [0, 0.05) is 17.7 Å². The molecule has 27 heavy (non-hydrogen) atoms. The normalized spacial score (nSPS) is 23.3. The van der Waals surface area contributed by atoms with Gasteiger partial charge in [0.15, 0.2) is 5.76 Å². The zero-order valence-corrected chi connectivity index (χ0v) is 16.1. The fourth-order valence-corrected chi connectivity index (χ4v) is 4.32. The molecule has 0 spiro atoms. The minimum atomic E-state index is -0.485. The number of carbonyl (C=O) groups is 1. The van der Waals surface area contributed by atoms with Crippen LogP contribution in [0.3, 0.4) is 0 Å². The highest BCUT2D eigenvalue weighted by Gasteiger charge is 2.34. The molecule has 140 valence electrons. The Bertz CT molecular complexity index is 918. The molecule has 1 saturated carbocycles. The van der Waals surface area contributed by atoms with Gasteiger partial charge in [0.1, 0.15) is 11.4 Å². The van der Waals surface area contributed by atoms with Crippen molar-refractivity contribution < 1.29 is 9.32 Å². The molecule has 3 unspecified atom stereocenters. The van der Waals surface area contributed by atoms with Crippen LogP contribution in [-0.2, 0) is 0 Å². The third-order valence-corrected chi connectivity index (χ3v) is 5.69. The van der Waals surface area contributed by atoms with E-state index in [9.17, 15) is 4.79 Å². The summed E-state index contributed by atoms with van der Waals surface area (Å²) in [7, 11) is 0. The first-order valence-corrected chi connectivity index (χ1v) is 9.47. The number of hydrogen-bond donors (Lipinski definition) is 2. The van der Waals surface area contributed by atoms with Crippen molar-refractivity contribution in [3.8, 4) is 11.3 Å². The topological polar surface area (TPSA) is 79.5 Å². The molecule has 1 fully saturated rings. The average molecular weight is 405 g/mol. The number of carbonyl (C=O) groups excluding carboxylic acids is 1. The number of nitrogens with one attached hydrogen (secondary N) is 2. The maximum absolute atomic E-state index is 12.3. The first-order valence-electron chi connectivity index (χ1n) is 8.72. The molecule has 0 aliphatic heterocycles. The summed E-state index contributed by atoms with van der Waals surface area (Å²) in [5.74, 6) is 2.02. The van der Waals surface area contributed by atoms with Crippen molar-refractivity contribution in [1.82, 2.24) is 10.6 Å². The molecule has 2 aromatic rings. The Morgan fingerprint density at radius 2 is 2.07 bits per heavy atom. The lowest BCUT2D eigenvalue weighted by Crippen LogP contribution is -2.25. The van der Waals surface area contributed by atoms with E-state index in [2.05, 4.69) is 33.2 Å². The summed E-state index contributed by atoms with van der Waals surface area (Å²) >= 11 is 12.5. The highest BCUT2D eigenvalue weighted by Crippen LogP contribution is 2.42. The third kappa shape index (κ3) is 3.59. The number of aryl methyl sites for hydroxylation is 1. The fraction of sp³-hybridized carbons (Fsp3) is 0.316. The minimum absolute atomic E-state index is 0.375. The van der Waals surface area contributed by atoms with Gasteiger partial charge in [-0.3, -0.25) is 0 Å². The average Bonchev–Trinajstić information content (AvgIpc) is 3.33. The minimum Gasteiger partial charge on any atom is -0.359 e. The summed E-state index contributed by atoms with van der Waals surface area (Å²) in [6, 6.07) is 4.65. The molecule has 1 aromatic carbocycles. The Labute approximate surface area is 166 Å². The van der Waals surface area contributed by atoms with E-state index in [1.54, 1.807) is 25.1 Å². The van der Waals surface area contributed by atoms with Gasteiger partial charge in [0.05, 0.1) is 10.0 Å². The van der Waals surface area contributed by atoms with Gasteiger partial charge >= 0.3 is 6.03 Å². The van der Waals surface area contributed by atoms with E-state index in [1.165, 1.54) is 6.42 Å². The van der Waals surface area contributed by atoms with Crippen molar-refractivity contribution in [1.29, 1.82) is 0 Å². The van der Waals surface area contributed by atoms with Crippen LogP contribution >= 0.6 is 23.2 Å². The molecule has 6 nitrogen and oxygen atoms in total. The molecule has 1 aromatic heterocycles. The van der Waals surface area contributed by atoms with Crippen LogP contribution in [0.5, 0.6) is 0 Å². The van der Waals surface area contributed by atoms with Crippen LogP contribution in [0.2, 0.25) is 10.0 Å². The summed E-state index contributed by atoms with van der Waals surface area (Å²) in [6.07, 6.45) is 8.61. The van der Waals surface area contributed by atoms with E-state index >= 15 is 0 Å². The summed E-state index contributed by atoms with van der Waals surface area (Å²) in [6.45, 7) is 1.70. The lowest BCUT2D eigenvalue weighted by atomic mass is 9.95. The van der Waals surface area contributed by atoms with Gasteiger partial charge < -0.3 is 9.84 Å². The molecule has 8 heteroatoms. The highest BCUT2D eigenvalue weighted by molar-refractivity contribution is 6.39. The third-order valence-electron chi connectivity index (χ3n) is 5.06. The Hall–Kier alpha value is -2.31. The van der Waals surface area contributed by atoms with Crippen LogP contribution in [0.15, 0.2) is 40.0 Å². The number of fused-ring (bicyclic) bond motifs is 2. The van der Waals surface area contributed by atoms with Crippen LogP contribution in [0.1, 0.15) is 18.6 Å². The summed E-state index contributed by atoms with van der Waals surface area (Å²) in [5.41, 5.74) is 3.79. The SMILES string of the molecule is Cc1onc(-c2c(Cl)cccc2Cl)c1NC(=O)NN=CC1CC2C=CC1C2. The number of halogens is 2. The van der Waals surface area contributed by atoms with Crippen molar-refractivity contribution in [3.63, 3.8) is 0 Å². The predicted molar refractivity (Wildman–Crippen MR) is 106 cm³/mol. The molecular formula is C19H18Cl2N4O2. The molecule has 2 amide bonds. The Balaban J connectivity index is 1.46. The predicted octanol–water partition coefficient (Wildman–Crippen LogP) is 5.28.